The molecule has 2 N–H and O–H groups in total. The van der Waals surface area contributed by atoms with Crippen LogP contribution in [-0.4, -0.2) is 28.3 Å². The quantitative estimate of drug-likeness (QED) is 0.462. The van der Waals surface area contributed by atoms with Crippen LogP contribution in [0, 0.1) is 25.2 Å². The minimum Gasteiger partial charge on any atom is -0.457 e. The highest BCUT2D eigenvalue weighted by Crippen LogP contribution is 2.23. The van der Waals surface area contributed by atoms with Gasteiger partial charge in [-0.25, -0.2) is 0 Å². The lowest BCUT2D eigenvalue weighted by Gasteiger charge is -2.10. The van der Waals surface area contributed by atoms with Crippen molar-refractivity contribution >= 4 is 22.7 Å². The minimum atomic E-state index is -0.513. The van der Waals surface area contributed by atoms with Gasteiger partial charge >= 0.3 is 5.97 Å². The highest BCUT2D eigenvalue weighted by Gasteiger charge is 2.17. The molecule has 0 radical (unpaired) electrons. The number of carbonyl (C=O) groups is 2. The topological polar surface area (TPSA) is 116 Å². The van der Waals surface area contributed by atoms with E-state index in [9.17, 15) is 14.4 Å². The zero-order valence-electron chi connectivity index (χ0n) is 17.2. The van der Waals surface area contributed by atoms with Crippen molar-refractivity contribution in [2.45, 2.75) is 40.0 Å². The van der Waals surface area contributed by atoms with Crippen LogP contribution in [0.5, 0.6) is 0 Å². The largest absolute Gasteiger partial charge is 0.457 e. The number of ether oxygens (including phenoxy) is 1. The Kier molecular flexibility index (Phi) is 6.17. The number of aryl methyl sites for hydroxylation is 2. The van der Waals surface area contributed by atoms with Crippen molar-refractivity contribution in [1.82, 2.24) is 9.97 Å². The van der Waals surface area contributed by atoms with Crippen LogP contribution < -0.4 is 5.56 Å². The maximum Gasteiger partial charge on any atom is 0.306 e. The van der Waals surface area contributed by atoms with E-state index in [1.165, 1.54) is 0 Å². The van der Waals surface area contributed by atoms with Crippen molar-refractivity contribution in [3.63, 3.8) is 0 Å². The van der Waals surface area contributed by atoms with Gasteiger partial charge in [0.15, 0.2) is 6.61 Å². The molecule has 1 aromatic carbocycles. The average molecular weight is 405 g/mol. The number of Topliss-reactive ketones (excluding diaryl/α,β-unsaturated/α-hetero) is 1. The smallest absolute Gasteiger partial charge is 0.306 e. The van der Waals surface area contributed by atoms with E-state index in [0.717, 1.165) is 28.5 Å². The van der Waals surface area contributed by atoms with Gasteiger partial charge in [0.1, 0.15) is 11.6 Å². The van der Waals surface area contributed by atoms with Crippen molar-refractivity contribution in [3.05, 3.63) is 68.3 Å². The van der Waals surface area contributed by atoms with Crippen molar-refractivity contribution in [1.29, 1.82) is 5.26 Å². The molecule has 7 nitrogen and oxygen atoms in total. The third-order valence-electron chi connectivity index (χ3n) is 5.35. The highest BCUT2D eigenvalue weighted by atomic mass is 16.5. The number of carbonyl (C=O) groups excluding carboxylic acids is 2. The summed E-state index contributed by atoms with van der Waals surface area (Å²) in [7, 11) is 0. The van der Waals surface area contributed by atoms with Gasteiger partial charge in [0.25, 0.3) is 5.56 Å². The predicted molar refractivity (Wildman–Crippen MR) is 113 cm³/mol. The standard InChI is InChI=1S/C23H23N3O4/c1-4-15-6-5-7-17-19(11-25-22(15)17)20(27)12-30-21(28)9-8-16-13(2)18(10-24)23(29)26-14(16)3/h5-7,11,25H,4,8-9,12H2,1-3H3,(H,26,29). The van der Waals surface area contributed by atoms with Crippen LogP contribution in [0.25, 0.3) is 10.9 Å². The molecule has 0 fully saturated rings. The van der Waals surface area contributed by atoms with Crippen LogP contribution in [-0.2, 0) is 22.4 Å². The summed E-state index contributed by atoms with van der Waals surface area (Å²) < 4.78 is 5.18. The molecular formula is C23H23N3O4. The summed E-state index contributed by atoms with van der Waals surface area (Å²) in [5, 5.41) is 9.95. The fourth-order valence-electron chi connectivity index (χ4n) is 3.69. The lowest BCUT2D eigenvalue weighted by atomic mass is 9.99. The van der Waals surface area contributed by atoms with Crippen LogP contribution in [0.3, 0.4) is 0 Å². The number of esters is 1. The van der Waals surface area contributed by atoms with Gasteiger partial charge in [0.05, 0.1) is 0 Å². The molecule has 2 heterocycles. The second kappa shape index (κ2) is 8.78. The van der Waals surface area contributed by atoms with Gasteiger partial charge in [0, 0.05) is 34.8 Å². The number of rotatable bonds is 7. The molecule has 154 valence electrons. The first-order valence-corrected chi connectivity index (χ1v) is 9.77. The van der Waals surface area contributed by atoms with E-state index in [4.69, 9.17) is 10.00 Å². The van der Waals surface area contributed by atoms with E-state index >= 15 is 0 Å². The van der Waals surface area contributed by atoms with Crippen molar-refractivity contribution in [2.24, 2.45) is 0 Å². The summed E-state index contributed by atoms with van der Waals surface area (Å²) in [5.74, 6) is -0.785. The molecule has 0 unspecified atom stereocenters. The SMILES string of the molecule is CCc1cccc2c(C(=O)COC(=O)CCc3c(C)[nH]c(=O)c(C#N)c3C)c[nH]c12. The van der Waals surface area contributed by atoms with E-state index in [2.05, 4.69) is 9.97 Å². The number of fused-ring (bicyclic) bond motifs is 1. The number of aromatic amines is 2. The second-order valence-electron chi connectivity index (χ2n) is 7.15. The number of pyridine rings is 1. The summed E-state index contributed by atoms with van der Waals surface area (Å²) in [4.78, 5) is 42.3. The Bertz CT molecular complexity index is 1230. The number of hydrogen-bond acceptors (Lipinski definition) is 5. The molecule has 3 aromatic rings. The molecule has 0 saturated heterocycles. The molecule has 0 aliphatic heterocycles. The first kappa shape index (κ1) is 21.1. The minimum absolute atomic E-state index is 0.0414. The van der Waals surface area contributed by atoms with E-state index in [1.54, 1.807) is 20.0 Å². The van der Waals surface area contributed by atoms with Crippen molar-refractivity contribution < 1.29 is 14.3 Å². The number of benzene rings is 1. The molecule has 0 spiro atoms. The van der Waals surface area contributed by atoms with Crippen LogP contribution in [0.15, 0.2) is 29.2 Å². The van der Waals surface area contributed by atoms with Gasteiger partial charge in [-0.15, -0.1) is 0 Å². The summed E-state index contributed by atoms with van der Waals surface area (Å²) >= 11 is 0. The van der Waals surface area contributed by atoms with E-state index < -0.39 is 11.5 Å². The summed E-state index contributed by atoms with van der Waals surface area (Å²) in [6.07, 6.45) is 2.84. The van der Waals surface area contributed by atoms with Gasteiger partial charge < -0.3 is 14.7 Å². The lowest BCUT2D eigenvalue weighted by Crippen LogP contribution is -2.18. The summed E-state index contributed by atoms with van der Waals surface area (Å²) in [6, 6.07) is 7.67. The number of para-hydroxylation sites is 1. The fraction of sp³-hybridized carbons (Fsp3) is 0.304. The number of hydrogen-bond donors (Lipinski definition) is 2. The molecule has 0 amide bonds. The Balaban J connectivity index is 1.64. The summed E-state index contributed by atoms with van der Waals surface area (Å²) in [5.41, 5.74) is 4.06. The molecule has 30 heavy (non-hydrogen) atoms. The van der Waals surface area contributed by atoms with Crippen molar-refractivity contribution in [2.75, 3.05) is 6.61 Å². The molecule has 2 aromatic heterocycles. The van der Waals surface area contributed by atoms with Gasteiger partial charge in [0.2, 0.25) is 5.78 Å². The molecule has 0 aliphatic rings. The number of aromatic nitrogens is 2. The molecule has 0 bridgehead atoms. The van der Waals surface area contributed by atoms with Gasteiger partial charge in [-0.1, -0.05) is 25.1 Å². The Hall–Kier alpha value is -3.66. The third-order valence-corrected chi connectivity index (χ3v) is 5.35. The maximum absolute atomic E-state index is 12.6. The van der Waals surface area contributed by atoms with Crippen LogP contribution in [0.2, 0.25) is 0 Å². The van der Waals surface area contributed by atoms with Crippen LogP contribution in [0.4, 0.5) is 0 Å². The normalized spacial score (nSPS) is 10.7. The Labute approximate surface area is 173 Å². The maximum atomic E-state index is 12.6. The number of H-pyrrole nitrogens is 2. The van der Waals surface area contributed by atoms with E-state index in [-0.39, 0.29) is 24.4 Å². The van der Waals surface area contributed by atoms with Gasteiger partial charge in [-0.2, -0.15) is 5.26 Å². The Morgan fingerprint density at radius 1 is 1.23 bits per heavy atom. The molecule has 0 saturated carbocycles. The predicted octanol–water partition coefficient (Wildman–Crippen LogP) is 3.27. The number of nitrogens with one attached hydrogen (secondary N) is 2. The van der Waals surface area contributed by atoms with E-state index in [1.807, 2.05) is 31.2 Å². The third kappa shape index (κ3) is 4.03. The average Bonchev–Trinajstić information content (AvgIpc) is 3.16. The molecule has 3 rings (SSSR count). The zero-order chi connectivity index (χ0) is 21.8. The van der Waals surface area contributed by atoms with Crippen LogP contribution in [0.1, 0.15) is 51.7 Å². The zero-order valence-corrected chi connectivity index (χ0v) is 17.2. The van der Waals surface area contributed by atoms with Crippen LogP contribution >= 0.6 is 0 Å². The first-order valence-electron chi connectivity index (χ1n) is 9.77. The number of ketones is 1. The second-order valence-corrected chi connectivity index (χ2v) is 7.15. The van der Waals surface area contributed by atoms with E-state index in [0.29, 0.717) is 23.2 Å². The Morgan fingerprint density at radius 3 is 2.70 bits per heavy atom. The molecule has 0 atom stereocenters. The summed E-state index contributed by atoms with van der Waals surface area (Å²) in [6.45, 7) is 5.12. The molecule has 7 heteroatoms. The highest BCUT2D eigenvalue weighted by molar-refractivity contribution is 6.09. The lowest BCUT2D eigenvalue weighted by molar-refractivity contribution is -0.142. The monoisotopic (exact) mass is 405 g/mol. The molecule has 0 aliphatic carbocycles. The number of nitriles is 1. The molecular weight excluding hydrogens is 382 g/mol. The Morgan fingerprint density at radius 2 is 2.00 bits per heavy atom. The van der Waals surface area contributed by atoms with Gasteiger partial charge in [-0.3, -0.25) is 14.4 Å². The fourth-order valence-corrected chi connectivity index (χ4v) is 3.69. The number of nitrogens with zero attached hydrogens (tertiary/aromatic N) is 1. The van der Waals surface area contributed by atoms with Gasteiger partial charge in [-0.05, 0) is 43.4 Å². The first-order chi connectivity index (χ1) is 14.4. The van der Waals surface area contributed by atoms with Crippen molar-refractivity contribution in [3.8, 4) is 6.07 Å².